The zero-order valence-corrected chi connectivity index (χ0v) is 25.1. The van der Waals surface area contributed by atoms with Gasteiger partial charge in [-0.1, -0.05) is 72.3 Å². The lowest BCUT2D eigenvalue weighted by Crippen LogP contribution is -2.48. The van der Waals surface area contributed by atoms with Crippen molar-refractivity contribution in [3.8, 4) is 22.4 Å². The number of aryl methyl sites for hydroxylation is 2. The summed E-state index contributed by atoms with van der Waals surface area (Å²) in [6, 6.07) is 30.1. The first-order valence-corrected chi connectivity index (χ1v) is 16.0. The van der Waals surface area contributed by atoms with Crippen LogP contribution in [0.3, 0.4) is 0 Å². The fourth-order valence-corrected chi connectivity index (χ4v) is 7.63. The second-order valence-electron chi connectivity index (χ2n) is 11.2. The number of sulfonamides is 1. The predicted octanol–water partition coefficient (Wildman–Crippen LogP) is 6.34. The topological polar surface area (TPSA) is 70.8 Å². The average molecular weight is 588 g/mol. The summed E-state index contributed by atoms with van der Waals surface area (Å²) in [5.41, 5.74) is 9.35. The number of hydrogen-bond donors (Lipinski definition) is 0. The third-order valence-electron chi connectivity index (χ3n) is 8.39. The van der Waals surface area contributed by atoms with Crippen LogP contribution in [0.5, 0.6) is 0 Å². The summed E-state index contributed by atoms with van der Waals surface area (Å²) in [5.74, 6) is 0. The quantitative estimate of drug-likeness (QED) is 0.228. The number of hydrogen-bond acceptors (Lipinski definition) is 5. The molecular weight excluding hydrogens is 554 g/mol. The molecule has 0 radical (unpaired) electrons. The molecule has 0 saturated carbocycles. The van der Waals surface area contributed by atoms with Crippen molar-refractivity contribution in [3.63, 3.8) is 0 Å². The number of pyridine rings is 2. The lowest BCUT2D eigenvalue weighted by molar-refractivity contribution is 0.180. The Kier molecular flexibility index (Phi) is 7.05. The molecule has 4 heterocycles. The number of rotatable bonds is 6. The summed E-state index contributed by atoms with van der Waals surface area (Å²) in [6.07, 6.45) is 3.84. The molecule has 6 aromatic rings. The SMILES string of the molecule is Cc1ccc(C)c(-c2ccc3nc(-c4ccccc4)c(CN4CCN(S(=O)(=O)c5cccc6cccnc56)CC4)n3c2)c1. The van der Waals surface area contributed by atoms with Crippen LogP contribution in [0.4, 0.5) is 0 Å². The summed E-state index contributed by atoms with van der Waals surface area (Å²) in [4.78, 5) is 12.1. The van der Waals surface area contributed by atoms with Gasteiger partial charge in [0.1, 0.15) is 10.5 Å². The van der Waals surface area contributed by atoms with Gasteiger partial charge in [0.15, 0.2) is 0 Å². The highest BCUT2D eigenvalue weighted by Crippen LogP contribution is 2.31. The van der Waals surface area contributed by atoms with Gasteiger partial charge in [-0.2, -0.15) is 4.31 Å². The number of para-hydroxylation sites is 1. The average Bonchev–Trinajstić information content (AvgIpc) is 3.40. The number of aromatic nitrogens is 3. The van der Waals surface area contributed by atoms with Gasteiger partial charge < -0.3 is 4.40 Å². The summed E-state index contributed by atoms with van der Waals surface area (Å²) < 4.78 is 31.2. The Hall–Kier alpha value is -4.37. The van der Waals surface area contributed by atoms with Crippen LogP contribution >= 0.6 is 0 Å². The minimum atomic E-state index is -3.68. The monoisotopic (exact) mass is 587 g/mol. The van der Waals surface area contributed by atoms with Crippen LogP contribution in [0.2, 0.25) is 0 Å². The Morgan fingerprint density at radius 3 is 2.40 bits per heavy atom. The molecular formula is C35H33N5O2S. The summed E-state index contributed by atoms with van der Waals surface area (Å²) in [6.45, 7) is 6.99. The molecule has 0 amide bonds. The molecule has 216 valence electrons. The first-order chi connectivity index (χ1) is 20.9. The van der Waals surface area contributed by atoms with Crippen molar-refractivity contribution in [3.05, 3.63) is 120 Å². The fourth-order valence-electron chi connectivity index (χ4n) is 6.04. The van der Waals surface area contributed by atoms with Crippen molar-refractivity contribution in [1.29, 1.82) is 0 Å². The number of imidazole rings is 1. The van der Waals surface area contributed by atoms with Crippen LogP contribution < -0.4 is 0 Å². The zero-order chi connectivity index (χ0) is 29.6. The molecule has 0 spiro atoms. The standard InChI is InChI=1S/C35H33N5O2S/c1-25-13-14-26(2)30(22-25)29-15-16-33-37-34(27-8-4-3-5-9-27)31(40(33)23-29)24-38-18-20-39(21-19-38)43(41,42)32-12-6-10-28-11-7-17-36-35(28)32/h3-17,22-23H,18-21,24H2,1-2H3. The lowest BCUT2D eigenvalue weighted by atomic mass is 10.00. The van der Waals surface area contributed by atoms with Crippen molar-refractivity contribution >= 4 is 26.6 Å². The van der Waals surface area contributed by atoms with E-state index in [0.29, 0.717) is 38.2 Å². The van der Waals surface area contributed by atoms with E-state index in [4.69, 9.17) is 4.98 Å². The van der Waals surface area contributed by atoms with Crippen molar-refractivity contribution in [2.24, 2.45) is 0 Å². The van der Waals surface area contributed by atoms with Crippen LogP contribution in [0.25, 0.3) is 38.9 Å². The van der Waals surface area contributed by atoms with E-state index in [1.807, 2.05) is 36.4 Å². The van der Waals surface area contributed by atoms with Crippen molar-refractivity contribution < 1.29 is 8.42 Å². The van der Waals surface area contributed by atoms with E-state index in [1.54, 1.807) is 22.6 Å². The largest absolute Gasteiger partial charge is 0.301 e. The van der Waals surface area contributed by atoms with Gasteiger partial charge in [0.05, 0.1) is 16.9 Å². The van der Waals surface area contributed by atoms with Crippen LogP contribution in [0.15, 0.2) is 108 Å². The van der Waals surface area contributed by atoms with Gasteiger partial charge in [0.25, 0.3) is 0 Å². The van der Waals surface area contributed by atoms with E-state index in [9.17, 15) is 8.42 Å². The van der Waals surface area contributed by atoms with E-state index in [1.165, 1.54) is 16.7 Å². The Balaban J connectivity index is 1.20. The minimum Gasteiger partial charge on any atom is -0.301 e. The van der Waals surface area contributed by atoms with Gasteiger partial charge in [-0.3, -0.25) is 9.88 Å². The van der Waals surface area contributed by atoms with E-state index in [-0.39, 0.29) is 4.90 Å². The van der Waals surface area contributed by atoms with Crippen LogP contribution in [0.1, 0.15) is 16.8 Å². The summed E-state index contributed by atoms with van der Waals surface area (Å²) >= 11 is 0. The van der Waals surface area contributed by atoms with Crippen LogP contribution in [-0.2, 0) is 16.6 Å². The molecule has 7 nitrogen and oxygen atoms in total. The zero-order valence-electron chi connectivity index (χ0n) is 24.3. The number of benzene rings is 3. The minimum absolute atomic E-state index is 0.270. The second kappa shape index (κ2) is 11.0. The molecule has 3 aromatic heterocycles. The molecule has 0 unspecified atom stereocenters. The molecule has 0 atom stereocenters. The van der Waals surface area contributed by atoms with Gasteiger partial charge in [-0.25, -0.2) is 13.4 Å². The second-order valence-corrected chi connectivity index (χ2v) is 13.2. The number of nitrogens with zero attached hydrogens (tertiary/aromatic N) is 5. The Morgan fingerprint density at radius 2 is 1.58 bits per heavy atom. The summed E-state index contributed by atoms with van der Waals surface area (Å²) in [5, 5.41) is 0.823. The van der Waals surface area contributed by atoms with Crippen LogP contribution in [0, 0.1) is 13.8 Å². The van der Waals surface area contributed by atoms with Crippen molar-refractivity contribution in [2.75, 3.05) is 26.2 Å². The van der Waals surface area contributed by atoms with Crippen LogP contribution in [-0.4, -0.2) is 58.2 Å². The molecule has 7 rings (SSSR count). The van der Waals surface area contributed by atoms with Gasteiger partial charge in [0.2, 0.25) is 10.0 Å². The molecule has 43 heavy (non-hydrogen) atoms. The predicted molar refractivity (Wildman–Crippen MR) is 171 cm³/mol. The maximum atomic E-state index is 13.7. The third-order valence-corrected chi connectivity index (χ3v) is 10.3. The highest BCUT2D eigenvalue weighted by molar-refractivity contribution is 7.89. The van der Waals surface area contributed by atoms with Crippen molar-refractivity contribution in [1.82, 2.24) is 23.6 Å². The molecule has 1 saturated heterocycles. The third kappa shape index (κ3) is 5.12. The van der Waals surface area contributed by atoms with Gasteiger partial charge in [-0.05, 0) is 54.8 Å². The van der Waals surface area contributed by atoms with Crippen molar-refractivity contribution in [2.45, 2.75) is 25.3 Å². The Morgan fingerprint density at radius 1 is 0.791 bits per heavy atom. The Bertz CT molecular complexity index is 2060. The Labute approximate surface area is 252 Å². The first kappa shape index (κ1) is 27.5. The first-order valence-electron chi connectivity index (χ1n) is 14.6. The van der Waals surface area contributed by atoms with E-state index >= 15 is 0 Å². The summed E-state index contributed by atoms with van der Waals surface area (Å²) in [7, 11) is -3.68. The highest BCUT2D eigenvalue weighted by atomic mass is 32.2. The number of piperazine rings is 1. The maximum Gasteiger partial charge on any atom is 0.245 e. The molecule has 1 aliphatic heterocycles. The van der Waals surface area contributed by atoms with Gasteiger partial charge in [-0.15, -0.1) is 0 Å². The highest BCUT2D eigenvalue weighted by Gasteiger charge is 2.31. The molecule has 0 N–H and O–H groups in total. The van der Waals surface area contributed by atoms with E-state index < -0.39 is 10.0 Å². The maximum absolute atomic E-state index is 13.7. The smallest absolute Gasteiger partial charge is 0.245 e. The van der Waals surface area contributed by atoms with Gasteiger partial charge >= 0.3 is 0 Å². The lowest BCUT2D eigenvalue weighted by Gasteiger charge is -2.34. The van der Waals surface area contributed by atoms with E-state index in [0.717, 1.165) is 33.5 Å². The molecule has 0 bridgehead atoms. The normalized spacial score (nSPS) is 14.9. The molecule has 3 aromatic carbocycles. The molecule has 1 aliphatic rings. The molecule has 0 aliphatic carbocycles. The molecule has 8 heteroatoms. The fraction of sp³-hybridized carbons (Fsp3) is 0.200. The van der Waals surface area contributed by atoms with E-state index in [2.05, 4.69) is 76.8 Å². The molecule has 1 fully saturated rings. The number of fused-ring (bicyclic) bond motifs is 2. The van der Waals surface area contributed by atoms with Gasteiger partial charge in [0, 0.05) is 56.1 Å².